The number of nitrogens with zero attached hydrogens (tertiary/aromatic N) is 3. The molecular formula is C16H15N3O2. The molecule has 0 saturated carbocycles. The maximum atomic E-state index is 5.61. The zero-order valence-corrected chi connectivity index (χ0v) is 11.9. The largest absolute Gasteiger partial charge is 0.491 e. The van der Waals surface area contributed by atoms with E-state index in [4.69, 9.17) is 9.26 Å². The first-order valence-electron chi connectivity index (χ1n) is 6.73. The number of aromatic nitrogens is 3. The molecule has 5 nitrogen and oxygen atoms in total. The molecule has 0 fully saturated rings. The highest BCUT2D eigenvalue weighted by Gasteiger charge is 2.10. The summed E-state index contributed by atoms with van der Waals surface area (Å²) in [4.78, 5) is 8.36. The van der Waals surface area contributed by atoms with Crippen molar-refractivity contribution in [2.24, 2.45) is 0 Å². The lowest BCUT2D eigenvalue weighted by molar-refractivity contribution is 0.242. The summed E-state index contributed by atoms with van der Waals surface area (Å²) in [7, 11) is 0. The van der Waals surface area contributed by atoms with Crippen LogP contribution in [0, 0.1) is 0 Å². The van der Waals surface area contributed by atoms with Gasteiger partial charge >= 0.3 is 0 Å². The van der Waals surface area contributed by atoms with Gasteiger partial charge in [-0.2, -0.15) is 4.98 Å². The average Bonchev–Trinajstić information content (AvgIpc) is 2.98. The van der Waals surface area contributed by atoms with Gasteiger partial charge in [-0.3, -0.25) is 4.98 Å². The molecule has 0 aliphatic carbocycles. The standard InChI is InChI=1S/C16H15N3O2/c1-11(2)20-14-5-3-13(4-6-14)16-18-15(19-21-16)12-7-9-17-10-8-12/h3-11H,1-2H3. The minimum atomic E-state index is 0.151. The Labute approximate surface area is 122 Å². The Bertz CT molecular complexity index is 706. The molecule has 0 radical (unpaired) electrons. The summed E-state index contributed by atoms with van der Waals surface area (Å²) in [5.74, 6) is 1.86. The van der Waals surface area contributed by atoms with Crippen LogP contribution in [0.25, 0.3) is 22.8 Å². The molecule has 0 saturated heterocycles. The molecule has 0 N–H and O–H groups in total. The Balaban J connectivity index is 1.83. The quantitative estimate of drug-likeness (QED) is 0.731. The van der Waals surface area contributed by atoms with Gasteiger partial charge in [-0.1, -0.05) is 5.16 Å². The lowest BCUT2D eigenvalue weighted by atomic mass is 10.2. The van der Waals surface area contributed by atoms with Crippen LogP contribution in [0.2, 0.25) is 0 Å². The van der Waals surface area contributed by atoms with E-state index in [-0.39, 0.29) is 6.10 Å². The summed E-state index contributed by atoms with van der Waals surface area (Å²) in [6.07, 6.45) is 3.55. The topological polar surface area (TPSA) is 61.0 Å². The van der Waals surface area contributed by atoms with Crippen molar-refractivity contribution < 1.29 is 9.26 Å². The Morgan fingerprint density at radius 3 is 2.33 bits per heavy atom. The Morgan fingerprint density at radius 1 is 0.952 bits per heavy atom. The monoisotopic (exact) mass is 281 g/mol. The minimum absolute atomic E-state index is 0.151. The Morgan fingerprint density at radius 2 is 1.67 bits per heavy atom. The molecular weight excluding hydrogens is 266 g/mol. The van der Waals surface area contributed by atoms with Gasteiger partial charge in [-0.05, 0) is 50.2 Å². The third-order valence-electron chi connectivity index (χ3n) is 2.84. The van der Waals surface area contributed by atoms with Gasteiger partial charge in [0.05, 0.1) is 6.10 Å². The SMILES string of the molecule is CC(C)Oc1ccc(-c2nc(-c3ccncc3)no2)cc1. The number of hydrogen-bond donors (Lipinski definition) is 0. The maximum Gasteiger partial charge on any atom is 0.258 e. The second-order valence-electron chi connectivity index (χ2n) is 4.85. The number of ether oxygens (including phenoxy) is 1. The van der Waals surface area contributed by atoms with Crippen molar-refractivity contribution in [3.05, 3.63) is 48.8 Å². The van der Waals surface area contributed by atoms with Crippen molar-refractivity contribution in [2.45, 2.75) is 20.0 Å². The zero-order chi connectivity index (χ0) is 14.7. The highest BCUT2D eigenvalue weighted by molar-refractivity contribution is 5.59. The maximum absolute atomic E-state index is 5.61. The summed E-state index contributed by atoms with van der Waals surface area (Å²) in [5.41, 5.74) is 1.73. The molecule has 1 aromatic carbocycles. The molecule has 21 heavy (non-hydrogen) atoms. The Kier molecular flexibility index (Phi) is 3.64. The molecule has 5 heteroatoms. The molecule has 0 aliphatic heterocycles. The van der Waals surface area contributed by atoms with E-state index in [9.17, 15) is 0 Å². The first-order valence-corrected chi connectivity index (χ1v) is 6.73. The normalized spacial score (nSPS) is 10.8. The molecule has 0 bridgehead atoms. The van der Waals surface area contributed by atoms with Crippen LogP contribution in [0.3, 0.4) is 0 Å². The van der Waals surface area contributed by atoms with Gasteiger partial charge in [0.25, 0.3) is 5.89 Å². The van der Waals surface area contributed by atoms with E-state index < -0.39 is 0 Å². The first kappa shape index (κ1) is 13.3. The van der Waals surface area contributed by atoms with Crippen molar-refractivity contribution in [1.82, 2.24) is 15.1 Å². The summed E-state index contributed by atoms with van der Waals surface area (Å²) in [6, 6.07) is 11.3. The second-order valence-corrected chi connectivity index (χ2v) is 4.85. The molecule has 3 rings (SSSR count). The van der Waals surface area contributed by atoms with Gasteiger partial charge in [0.1, 0.15) is 5.75 Å². The van der Waals surface area contributed by atoms with Crippen molar-refractivity contribution in [1.29, 1.82) is 0 Å². The number of rotatable bonds is 4. The van der Waals surface area contributed by atoms with E-state index in [1.54, 1.807) is 12.4 Å². The van der Waals surface area contributed by atoms with Crippen LogP contribution in [0.15, 0.2) is 53.3 Å². The highest BCUT2D eigenvalue weighted by atomic mass is 16.5. The van der Waals surface area contributed by atoms with E-state index >= 15 is 0 Å². The fraction of sp³-hybridized carbons (Fsp3) is 0.188. The number of hydrogen-bond acceptors (Lipinski definition) is 5. The van der Waals surface area contributed by atoms with Gasteiger partial charge in [0, 0.05) is 23.5 Å². The summed E-state index contributed by atoms with van der Waals surface area (Å²) < 4.78 is 10.9. The molecule has 0 atom stereocenters. The third-order valence-corrected chi connectivity index (χ3v) is 2.84. The van der Waals surface area contributed by atoms with E-state index in [1.165, 1.54) is 0 Å². The van der Waals surface area contributed by atoms with Crippen LogP contribution in [-0.2, 0) is 0 Å². The lowest BCUT2D eigenvalue weighted by Gasteiger charge is -2.09. The van der Waals surface area contributed by atoms with E-state index in [0.29, 0.717) is 11.7 Å². The molecule has 3 aromatic rings. The van der Waals surface area contributed by atoms with Crippen LogP contribution in [0.1, 0.15) is 13.8 Å². The van der Waals surface area contributed by atoms with Crippen LogP contribution in [0.4, 0.5) is 0 Å². The predicted molar refractivity (Wildman–Crippen MR) is 78.7 cm³/mol. The van der Waals surface area contributed by atoms with Gasteiger partial charge in [0.2, 0.25) is 5.82 Å². The molecule has 2 aromatic heterocycles. The Hall–Kier alpha value is -2.69. The third kappa shape index (κ3) is 3.08. The van der Waals surface area contributed by atoms with Crippen molar-refractivity contribution >= 4 is 0 Å². The average molecular weight is 281 g/mol. The summed E-state index contributed by atoms with van der Waals surface area (Å²) in [6.45, 7) is 3.99. The lowest BCUT2D eigenvalue weighted by Crippen LogP contribution is -2.05. The van der Waals surface area contributed by atoms with Crippen molar-refractivity contribution in [3.63, 3.8) is 0 Å². The van der Waals surface area contributed by atoms with Crippen LogP contribution >= 0.6 is 0 Å². The summed E-state index contributed by atoms with van der Waals surface area (Å²) in [5, 5.41) is 3.99. The second kappa shape index (κ2) is 5.75. The van der Waals surface area contributed by atoms with Crippen LogP contribution < -0.4 is 4.74 Å². The van der Waals surface area contributed by atoms with Gasteiger partial charge in [-0.25, -0.2) is 0 Å². The van der Waals surface area contributed by atoms with E-state index in [2.05, 4.69) is 15.1 Å². The highest BCUT2D eigenvalue weighted by Crippen LogP contribution is 2.24. The first-order chi connectivity index (χ1) is 10.2. The van der Waals surface area contributed by atoms with E-state index in [1.807, 2.05) is 50.2 Å². The van der Waals surface area contributed by atoms with Gasteiger partial charge in [0.15, 0.2) is 0 Å². The fourth-order valence-electron chi connectivity index (χ4n) is 1.91. The molecule has 0 unspecified atom stereocenters. The molecule has 0 spiro atoms. The molecule has 0 aliphatic rings. The smallest absolute Gasteiger partial charge is 0.258 e. The number of benzene rings is 1. The van der Waals surface area contributed by atoms with Crippen LogP contribution in [0.5, 0.6) is 5.75 Å². The van der Waals surface area contributed by atoms with Crippen LogP contribution in [-0.4, -0.2) is 21.2 Å². The number of pyridine rings is 1. The minimum Gasteiger partial charge on any atom is -0.491 e. The molecule has 2 heterocycles. The van der Waals surface area contributed by atoms with E-state index in [0.717, 1.165) is 16.9 Å². The molecule has 106 valence electrons. The molecule has 0 amide bonds. The van der Waals surface area contributed by atoms with Gasteiger partial charge < -0.3 is 9.26 Å². The predicted octanol–water partition coefficient (Wildman–Crippen LogP) is 3.59. The van der Waals surface area contributed by atoms with Crippen molar-refractivity contribution in [3.8, 4) is 28.6 Å². The van der Waals surface area contributed by atoms with Crippen molar-refractivity contribution in [2.75, 3.05) is 0 Å². The summed E-state index contributed by atoms with van der Waals surface area (Å²) >= 11 is 0. The van der Waals surface area contributed by atoms with Gasteiger partial charge in [-0.15, -0.1) is 0 Å². The zero-order valence-electron chi connectivity index (χ0n) is 11.9. The fourth-order valence-corrected chi connectivity index (χ4v) is 1.91.